The highest BCUT2D eigenvalue weighted by Gasteiger charge is 2.27. The van der Waals surface area contributed by atoms with Crippen LogP contribution in [0.4, 0.5) is 16.2 Å². The summed E-state index contributed by atoms with van der Waals surface area (Å²) in [5, 5.41) is 15.0. The van der Waals surface area contributed by atoms with E-state index in [1.807, 2.05) is 13.0 Å². The average molecular weight is 442 g/mol. The number of amides is 3. The first-order valence-electron chi connectivity index (χ1n) is 9.70. The highest BCUT2D eigenvalue weighted by molar-refractivity contribution is 6.31. The molecule has 160 valence electrons. The fraction of sp³-hybridized carbons (Fsp3) is 0.238. The van der Waals surface area contributed by atoms with Gasteiger partial charge in [0.2, 0.25) is 0 Å². The van der Waals surface area contributed by atoms with E-state index in [2.05, 4.69) is 10.3 Å². The zero-order chi connectivity index (χ0) is 22.1. The summed E-state index contributed by atoms with van der Waals surface area (Å²) in [5.41, 5.74) is 2.50. The lowest BCUT2D eigenvalue weighted by Crippen LogP contribution is -2.51. The van der Waals surface area contributed by atoms with E-state index in [9.17, 15) is 19.7 Å². The highest BCUT2D eigenvalue weighted by atomic mass is 35.5. The molecule has 1 aliphatic heterocycles. The third-order valence-electron chi connectivity index (χ3n) is 5.38. The Morgan fingerprint density at radius 3 is 2.48 bits per heavy atom. The molecule has 1 aromatic heterocycles. The molecule has 0 radical (unpaired) electrons. The zero-order valence-corrected chi connectivity index (χ0v) is 17.5. The fourth-order valence-corrected chi connectivity index (χ4v) is 3.74. The third-order valence-corrected chi connectivity index (χ3v) is 5.79. The zero-order valence-electron chi connectivity index (χ0n) is 16.7. The van der Waals surface area contributed by atoms with Crippen molar-refractivity contribution >= 4 is 45.8 Å². The SMILES string of the molecule is Cc1ccc(NC(=O)N2CCN(C(=O)c3c[nH]c4ccc([N+](=O)[O-])cc34)CC2)cc1Cl. The third kappa shape index (κ3) is 4.17. The number of aromatic amines is 1. The van der Waals surface area contributed by atoms with Gasteiger partial charge in [0.15, 0.2) is 0 Å². The van der Waals surface area contributed by atoms with Crippen LogP contribution >= 0.6 is 11.6 Å². The molecule has 2 heterocycles. The quantitative estimate of drug-likeness (QED) is 0.472. The number of nitro groups is 1. The molecule has 2 N–H and O–H groups in total. The van der Waals surface area contributed by atoms with E-state index in [1.54, 1.807) is 34.2 Å². The number of nitro benzene ring substituents is 1. The Balaban J connectivity index is 1.41. The monoisotopic (exact) mass is 441 g/mol. The van der Waals surface area contributed by atoms with E-state index in [0.717, 1.165) is 5.56 Å². The van der Waals surface area contributed by atoms with Crippen LogP contribution in [0.2, 0.25) is 5.02 Å². The Hall–Kier alpha value is -3.59. The second-order valence-corrected chi connectivity index (χ2v) is 7.77. The number of non-ortho nitro benzene ring substituents is 1. The van der Waals surface area contributed by atoms with Gasteiger partial charge in [0.25, 0.3) is 11.6 Å². The maximum Gasteiger partial charge on any atom is 0.321 e. The molecule has 3 amide bonds. The molecule has 0 atom stereocenters. The predicted octanol–water partition coefficient (Wildman–Crippen LogP) is 4.03. The van der Waals surface area contributed by atoms with Gasteiger partial charge in [-0.25, -0.2) is 4.79 Å². The number of aromatic nitrogens is 1. The number of H-pyrrole nitrogens is 1. The molecule has 31 heavy (non-hydrogen) atoms. The van der Waals surface area contributed by atoms with Crippen molar-refractivity contribution in [2.24, 2.45) is 0 Å². The summed E-state index contributed by atoms with van der Waals surface area (Å²) in [6.07, 6.45) is 1.57. The van der Waals surface area contributed by atoms with Crippen LogP contribution in [0, 0.1) is 17.0 Å². The van der Waals surface area contributed by atoms with Gasteiger partial charge in [-0.05, 0) is 30.7 Å². The summed E-state index contributed by atoms with van der Waals surface area (Å²) in [6, 6.07) is 9.44. The molecule has 0 bridgehead atoms. The molecule has 10 heteroatoms. The summed E-state index contributed by atoms with van der Waals surface area (Å²) in [4.78, 5) is 42.4. The molecule has 1 saturated heterocycles. The van der Waals surface area contributed by atoms with Gasteiger partial charge in [-0.3, -0.25) is 14.9 Å². The second kappa shape index (κ2) is 8.27. The fourth-order valence-electron chi connectivity index (χ4n) is 3.56. The maximum absolute atomic E-state index is 13.0. The van der Waals surface area contributed by atoms with Crippen molar-refractivity contribution in [2.45, 2.75) is 6.92 Å². The molecule has 0 spiro atoms. The number of nitrogens with one attached hydrogen (secondary N) is 2. The van der Waals surface area contributed by atoms with Crippen LogP contribution in [-0.2, 0) is 0 Å². The van der Waals surface area contributed by atoms with Crippen molar-refractivity contribution in [3.8, 4) is 0 Å². The normalized spacial score (nSPS) is 14.0. The van der Waals surface area contributed by atoms with Crippen LogP contribution in [-0.4, -0.2) is 57.8 Å². The van der Waals surface area contributed by atoms with Gasteiger partial charge in [0.1, 0.15) is 0 Å². The molecular weight excluding hydrogens is 422 g/mol. The van der Waals surface area contributed by atoms with Crippen molar-refractivity contribution < 1.29 is 14.5 Å². The van der Waals surface area contributed by atoms with Crippen LogP contribution in [0.15, 0.2) is 42.6 Å². The van der Waals surface area contributed by atoms with E-state index in [0.29, 0.717) is 53.4 Å². The van der Waals surface area contributed by atoms with Crippen molar-refractivity contribution in [1.82, 2.24) is 14.8 Å². The number of rotatable bonds is 3. The van der Waals surface area contributed by atoms with E-state index in [-0.39, 0.29) is 17.6 Å². The van der Waals surface area contributed by atoms with E-state index in [1.165, 1.54) is 12.1 Å². The Kier molecular flexibility index (Phi) is 5.51. The van der Waals surface area contributed by atoms with Gasteiger partial charge in [-0.2, -0.15) is 0 Å². The maximum atomic E-state index is 13.0. The molecule has 9 nitrogen and oxygen atoms in total. The van der Waals surface area contributed by atoms with Crippen molar-refractivity contribution in [1.29, 1.82) is 0 Å². The van der Waals surface area contributed by atoms with Crippen molar-refractivity contribution in [2.75, 3.05) is 31.5 Å². The number of hydrogen-bond donors (Lipinski definition) is 2. The lowest BCUT2D eigenvalue weighted by molar-refractivity contribution is -0.384. The first-order valence-corrected chi connectivity index (χ1v) is 10.1. The van der Waals surface area contributed by atoms with E-state index in [4.69, 9.17) is 11.6 Å². The highest BCUT2D eigenvalue weighted by Crippen LogP contribution is 2.25. The molecule has 2 aromatic carbocycles. The van der Waals surface area contributed by atoms with Crippen molar-refractivity contribution in [3.63, 3.8) is 0 Å². The predicted molar refractivity (Wildman–Crippen MR) is 118 cm³/mol. The second-order valence-electron chi connectivity index (χ2n) is 7.36. The van der Waals surface area contributed by atoms with Crippen LogP contribution < -0.4 is 5.32 Å². The Morgan fingerprint density at radius 2 is 1.81 bits per heavy atom. The first kappa shape index (κ1) is 20.7. The van der Waals surface area contributed by atoms with Crippen LogP contribution in [0.3, 0.4) is 0 Å². The topological polar surface area (TPSA) is 112 Å². The molecule has 0 saturated carbocycles. The van der Waals surface area contributed by atoms with Crippen LogP contribution in [0.1, 0.15) is 15.9 Å². The molecule has 0 unspecified atom stereocenters. The number of benzene rings is 2. The number of carbonyl (C=O) groups excluding carboxylic acids is 2. The Bertz CT molecular complexity index is 1180. The lowest BCUT2D eigenvalue weighted by Gasteiger charge is -2.34. The number of nitrogens with zero attached hydrogens (tertiary/aromatic N) is 3. The van der Waals surface area contributed by atoms with Gasteiger partial charge >= 0.3 is 6.03 Å². The molecule has 1 aliphatic rings. The summed E-state index contributed by atoms with van der Waals surface area (Å²) < 4.78 is 0. The average Bonchev–Trinajstić information content (AvgIpc) is 3.19. The largest absolute Gasteiger partial charge is 0.360 e. The number of hydrogen-bond acceptors (Lipinski definition) is 4. The van der Waals surface area contributed by atoms with Gasteiger partial charge in [-0.1, -0.05) is 17.7 Å². The number of fused-ring (bicyclic) bond motifs is 1. The number of aryl methyl sites for hydroxylation is 1. The summed E-state index contributed by atoms with van der Waals surface area (Å²) in [7, 11) is 0. The van der Waals surface area contributed by atoms with Gasteiger partial charge in [0.05, 0.1) is 10.5 Å². The van der Waals surface area contributed by atoms with E-state index < -0.39 is 4.92 Å². The number of urea groups is 1. The molecular formula is C21H20ClN5O4. The summed E-state index contributed by atoms with van der Waals surface area (Å²) in [6.45, 7) is 3.36. The molecule has 4 rings (SSSR count). The van der Waals surface area contributed by atoms with Crippen LogP contribution in [0.5, 0.6) is 0 Å². The summed E-state index contributed by atoms with van der Waals surface area (Å²) >= 11 is 6.11. The lowest BCUT2D eigenvalue weighted by atomic mass is 10.1. The minimum absolute atomic E-state index is 0.0705. The van der Waals surface area contributed by atoms with Gasteiger partial charge < -0.3 is 20.1 Å². The standard InChI is InChI=1S/C21H20ClN5O4/c1-13-2-3-14(10-18(13)22)24-21(29)26-8-6-25(7-9-26)20(28)17-12-23-19-5-4-15(27(30)31)11-16(17)19/h2-5,10-12,23H,6-9H2,1H3,(H,24,29). The van der Waals surface area contributed by atoms with Gasteiger partial charge in [0, 0.05) is 66.1 Å². The van der Waals surface area contributed by atoms with Crippen LogP contribution in [0.25, 0.3) is 10.9 Å². The number of piperazine rings is 1. The minimum Gasteiger partial charge on any atom is -0.360 e. The molecule has 1 fully saturated rings. The number of halogens is 1. The number of carbonyl (C=O) groups is 2. The molecule has 3 aromatic rings. The summed E-state index contributed by atoms with van der Waals surface area (Å²) in [5.74, 6) is -0.225. The minimum atomic E-state index is -0.487. The van der Waals surface area contributed by atoms with E-state index >= 15 is 0 Å². The Labute approximate surface area is 182 Å². The first-order chi connectivity index (χ1) is 14.8. The smallest absolute Gasteiger partial charge is 0.321 e. The van der Waals surface area contributed by atoms with Gasteiger partial charge in [-0.15, -0.1) is 0 Å². The Morgan fingerprint density at radius 1 is 1.10 bits per heavy atom. The number of anilines is 1. The molecule has 0 aliphatic carbocycles. The van der Waals surface area contributed by atoms with Crippen molar-refractivity contribution in [3.05, 3.63) is 68.9 Å².